The number of nitrogens with one attached hydrogen (secondary N) is 2. The summed E-state index contributed by atoms with van der Waals surface area (Å²) in [4.78, 5) is 23.6. The lowest BCUT2D eigenvalue weighted by molar-refractivity contribution is -0.107. The Morgan fingerprint density at radius 2 is 2.09 bits per heavy atom. The fourth-order valence-electron chi connectivity index (χ4n) is 2.60. The Morgan fingerprint density at radius 3 is 2.73 bits per heavy atom. The maximum Gasteiger partial charge on any atom is 0.152 e. The maximum absolute atomic E-state index is 14.2. The van der Waals surface area contributed by atoms with Gasteiger partial charge in [0.1, 0.15) is 12.1 Å². The van der Waals surface area contributed by atoms with Crippen molar-refractivity contribution in [2.24, 2.45) is 0 Å². The molecule has 1 aliphatic rings. The molecule has 1 fully saturated rings. The number of benzene rings is 1. The molecule has 0 aromatic heterocycles. The van der Waals surface area contributed by atoms with Crippen LogP contribution in [0.3, 0.4) is 0 Å². The van der Waals surface area contributed by atoms with Crippen LogP contribution in [0.4, 0.5) is 15.8 Å². The number of hydrogen-bond donors (Lipinski definition) is 2. The summed E-state index contributed by atoms with van der Waals surface area (Å²) >= 11 is 0. The minimum Gasteiger partial charge on any atom is -0.382 e. The fraction of sp³-hybridized carbons (Fsp3) is 0.500. The highest BCUT2D eigenvalue weighted by Crippen LogP contribution is 2.28. The van der Waals surface area contributed by atoms with Crippen LogP contribution in [0.15, 0.2) is 12.1 Å². The molecule has 120 valence electrons. The molecule has 6 heteroatoms. The average Bonchev–Trinajstić information content (AvgIpc) is 2.55. The summed E-state index contributed by atoms with van der Waals surface area (Å²) in [6.45, 7) is 5.03. The van der Waals surface area contributed by atoms with Gasteiger partial charge in [-0.25, -0.2) is 4.39 Å². The SMILES string of the molecule is CC(CCC=O)Nc1cc(N2CCNCC2)c(F)cc1C=O. The van der Waals surface area contributed by atoms with Crippen molar-refractivity contribution in [3.05, 3.63) is 23.5 Å². The quantitative estimate of drug-likeness (QED) is 0.753. The van der Waals surface area contributed by atoms with E-state index in [2.05, 4.69) is 10.6 Å². The first-order valence-electron chi connectivity index (χ1n) is 7.60. The van der Waals surface area contributed by atoms with Crippen LogP contribution in [0, 0.1) is 5.82 Å². The van der Waals surface area contributed by atoms with E-state index >= 15 is 0 Å². The van der Waals surface area contributed by atoms with Gasteiger partial charge in [0.05, 0.1) is 5.69 Å². The summed E-state index contributed by atoms with van der Waals surface area (Å²) in [5, 5.41) is 6.43. The number of anilines is 2. The summed E-state index contributed by atoms with van der Waals surface area (Å²) in [5.74, 6) is -0.380. The predicted octanol–water partition coefficient (Wildman–Crippen LogP) is 1.83. The molecular formula is C16H22FN3O2. The first kappa shape index (κ1) is 16.4. The second-order valence-electron chi connectivity index (χ2n) is 5.54. The molecule has 0 bridgehead atoms. The Morgan fingerprint density at radius 1 is 1.36 bits per heavy atom. The minimum atomic E-state index is -0.380. The van der Waals surface area contributed by atoms with Gasteiger partial charge in [0.25, 0.3) is 0 Å². The first-order valence-corrected chi connectivity index (χ1v) is 7.60. The predicted molar refractivity (Wildman–Crippen MR) is 85.3 cm³/mol. The van der Waals surface area contributed by atoms with Crippen molar-refractivity contribution in [1.29, 1.82) is 0 Å². The molecule has 2 rings (SSSR count). The van der Waals surface area contributed by atoms with Gasteiger partial charge in [0, 0.05) is 49.9 Å². The Bertz CT molecular complexity index is 530. The number of hydrogen-bond acceptors (Lipinski definition) is 5. The monoisotopic (exact) mass is 307 g/mol. The molecule has 1 aliphatic heterocycles. The van der Waals surface area contributed by atoms with Crippen LogP contribution in [0.5, 0.6) is 0 Å². The van der Waals surface area contributed by atoms with E-state index in [1.165, 1.54) is 6.07 Å². The number of piperazine rings is 1. The molecule has 22 heavy (non-hydrogen) atoms. The van der Waals surface area contributed by atoms with E-state index < -0.39 is 0 Å². The van der Waals surface area contributed by atoms with E-state index in [1.54, 1.807) is 6.07 Å². The van der Waals surface area contributed by atoms with Gasteiger partial charge in [-0.2, -0.15) is 0 Å². The van der Waals surface area contributed by atoms with Crippen LogP contribution in [0.1, 0.15) is 30.1 Å². The van der Waals surface area contributed by atoms with Gasteiger partial charge in [-0.1, -0.05) is 0 Å². The number of halogens is 1. The van der Waals surface area contributed by atoms with Gasteiger partial charge in [0.2, 0.25) is 0 Å². The molecule has 1 unspecified atom stereocenters. The smallest absolute Gasteiger partial charge is 0.152 e. The Labute approximate surface area is 129 Å². The van der Waals surface area contributed by atoms with Crippen molar-refractivity contribution < 1.29 is 14.0 Å². The summed E-state index contributed by atoms with van der Waals surface area (Å²) < 4.78 is 14.2. The van der Waals surface area contributed by atoms with E-state index in [4.69, 9.17) is 0 Å². The number of carbonyl (C=O) groups excluding carboxylic acids is 2. The Kier molecular flexibility index (Phi) is 5.89. The zero-order chi connectivity index (χ0) is 15.9. The van der Waals surface area contributed by atoms with Gasteiger partial charge in [-0.15, -0.1) is 0 Å². The number of nitrogens with zero attached hydrogens (tertiary/aromatic N) is 1. The van der Waals surface area contributed by atoms with Crippen LogP contribution in [0.25, 0.3) is 0 Å². The molecule has 0 aliphatic carbocycles. The van der Waals surface area contributed by atoms with Crippen LogP contribution in [-0.2, 0) is 4.79 Å². The molecule has 0 spiro atoms. The van der Waals surface area contributed by atoms with Gasteiger partial charge in [-0.05, 0) is 25.5 Å². The van der Waals surface area contributed by atoms with Crippen molar-refractivity contribution in [3.8, 4) is 0 Å². The van der Waals surface area contributed by atoms with Crippen LogP contribution >= 0.6 is 0 Å². The zero-order valence-corrected chi connectivity index (χ0v) is 12.8. The molecule has 0 radical (unpaired) electrons. The van der Waals surface area contributed by atoms with Crippen molar-refractivity contribution >= 4 is 23.9 Å². The number of carbonyl (C=O) groups is 2. The van der Waals surface area contributed by atoms with E-state index in [0.717, 1.165) is 32.5 Å². The van der Waals surface area contributed by atoms with Crippen LogP contribution in [0.2, 0.25) is 0 Å². The van der Waals surface area contributed by atoms with E-state index in [0.29, 0.717) is 36.1 Å². The van der Waals surface area contributed by atoms with E-state index in [1.807, 2.05) is 11.8 Å². The zero-order valence-electron chi connectivity index (χ0n) is 12.8. The second kappa shape index (κ2) is 7.89. The van der Waals surface area contributed by atoms with Crippen molar-refractivity contribution in [2.45, 2.75) is 25.8 Å². The molecule has 0 amide bonds. The fourth-order valence-corrected chi connectivity index (χ4v) is 2.60. The van der Waals surface area contributed by atoms with Crippen LogP contribution < -0.4 is 15.5 Å². The second-order valence-corrected chi connectivity index (χ2v) is 5.54. The summed E-state index contributed by atoms with van der Waals surface area (Å²) in [6.07, 6.45) is 2.65. The molecule has 1 heterocycles. The topological polar surface area (TPSA) is 61.4 Å². The maximum atomic E-state index is 14.2. The first-order chi connectivity index (χ1) is 10.7. The molecule has 5 nitrogen and oxygen atoms in total. The lowest BCUT2D eigenvalue weighted by atomic mass is 10.1. The van der Waals surface area contributed by atoms with Gasteiger partial charge >= 0.3 is 0 Å². The van der Waals surface area contributed by atoms with Crippen molar-refractivity contribution in [3.63, 3.8) is 0 Å². The Hall–Kier alpha value is -1.95. The summed E-state index contributed by atoms with van der Waals surface area (Å²) in [6, 6.07) is 3.01. The standard InChI is InChI=1S/C16H22FN3O2/c1-12(3-2-8-21)19-15-10-16(14(17)9-13(15)11-22)20-6-4-18-5-7-20/h8-12,18-19H,2-7H2,1H3. The van der Waals surface area contributed by atoms with Crippen molar-refractivity contribution in [2.75, 3.05) is 36.4 Å². The molecular weight excluding hydrogens is 285 g/mol. The van der Waals surface area contributed by atoms with Gasteiger partial charge in [-0.3, -0.25) is 4.79 Å². The largest absolute Gasteiger partial charge is 0.382 e. The van der Waals surface area contributed by atoms with Crippen LogP contribution in [-0.4, -0.2) is 44.8 Å². The van der Waals surface area contributed by atoms with Crippen molar-refractivity contribution in [1.82, 2.24) is 5.32 Å². The number of aldehydes is 2. The minimum absolute atomic E-state index is 0.0326. The summed E-state index contributed by atoms with van der Waals surface area (Å²) in [7, 11) is 0. The molecule has 1 atom stereocenters. The molecule has 1 saturated heterocycles. The average molecular weight is 307 g/mol. The Balaban J connectivity index is 2.22. The highest BCUT2D eigenvalue weighted by atomic mass is 19.1. The lowest BCUT2D eigenvalue weighted by Gasteiger charge is -2.30. The lowest BCUT2D eigenvalue weighted by Crippen LogP contribution is -2.44. The molecule has 0 saturated carbocycles. The normalized spacial score (nSPS) is 16.2. The highest BCUT2D eigenvalue weighted by molar-refractivity contribution is 5.86. The third kappa shape index (κ3) is 4.04. The van der Waals surface area contributed by atoms with E-state index in [9.17, 15) is 14.0 Å². The third-order valence-electron chi connectivity index (χ3n) is 3.82. The third-order valence-corrected chi connectivity index (χ3v) is 3.82. The molecule has 1 aromatic rings. The van der Waals surface area contributed by atoms with Gasteiger partial charge in [0.15, 0.2) is 6.29 Å². The highest BCUT2D eigenvalue weighted by Gasteiger charge is 2.18. The summed E-state index contributed by atoms with van der Waals surface area (Å²) in [5.41, 5.74) is 1.43. The molecule has 1 aromatic carbocycles. The number of rotatable bonds is 7. The van der Waals surface area contributed by atoms with Gasteiger partial charge < -0.3 is 20.3 Å². The molecule has 2 N–H and O–H groups in total. The van der Waals surface area contributed by atoms with E-state index in [-0.39, 0.29) is 11.9 Å².